The molecule has 0 amide bonds. The number of aryl methyl sites for hydroxylation is 2. The molecule has 1 atom stereocenters. The highest BCUT2D eigenvalue weighted by molar-refractivity contribution is 5.83. The van der Waals surface area contributed by atoms with Crippen molar-refractivity contribution in [2.75, 3.05) is 13.2 Å². The van der Waals surface area contributed by atoms with Crippen LogP contribution in [0.4, 0.5) is 0 Å². The third-order valence-electron chi connectivity index (χ3n) is 5.48. The van der Waals surface area contributed by atoms with Crippen LogP contribution in [0.3, 0.4) is 0 Å². The van der Waals surface area contributed by atoms with Gasteiger partial charge < -0.3 is 15.0 Å². The molecule has 0 fully saturated rings. The van der Waals surface area contributed by atoms with Crippen molar-refractivity contribution in [2.45, 2.75) is 33.5 Å². The van der Waals surface area contributed by atoms with Gasteiger partial charge in [0, 0.05) is 10.9 Å². The summed E-state index contributed by atoms with van der Waals surface area (Å²) >= 11 is 0. The lowest BCUT2D eigenvalue weighted by atomic mass is 10.0. The van der Waals surface area contributed by atoms with Gasteiger partial charge in [0.15, 0.2) is 0 Å². The average molecular weight is 420 g/mol. The first-order valence-corrected chi connectivity index (χ1v) is 10.4. The molecule has 0 bridgehead atoms. The standard InChI is InChI=1S/C23H26N6O2/c1-16-10-17(2)20-12-19(23(31)24-21(20)11-16)14-28(8-9-30)15-22-25-26-27-29(22)13-18-6-4-3-5-7-18/h3-7,10-12,30H,8-9,13-15H2,1-2H3,(H,24,31)/p+1. The topological polar surface area (TPSA) is 101 Å². The number of rotatable bonds is 8. The van der Waals surface area contributed by atoms with Crippen LogP contribution in [0.25, 0.3) is 10.9 Å². The summed E-state index contributed by atoms with van der Waals surface area (Å²) in [6.45, 7) is 6.12. The first-order chi connectivity index (χ1) is 15.0. The van der Waals surface area contributed by atoms with Crippen LogP contribution in [-0.2, 0) is 19.6 Å². The summed E-state index contributed by atoms with van der Waals surface area (Å²) in [5.41, 5.74) is 4.79. The number of tetrazole rings is 1. The molecule has 0 aliphatic rings. The highest BCUT2D eigenvalue weighted by atomic mass is 16.3. The van der Waals surface area contributed by atoms with Gasteiger partial charge in [-0.25, -0.2) is 4.68 Å². The first-order valence-electron chi connectivity index (χ1n) is 10.4. The zero-order chi connectivity index (χ0) is 21.8. The Kier molecular flexibility index (Phi) is 6.20. The second kappa shape index (κ2) is 9.20. The van der Waals surface area contributed by atoms with E-state index in [9.17, 15) is 9.90 Å². The quantitative estimate of drug-likeness (QED) is 0.391. The highest BCUT2D eigenvalue weighted by Crippen LogP contribution is 2.18. The minimum absolute atomic E-state index is 0.0132. The molecule has 0 aliphatic heterocycles. The molecular weight excluding hydrogens is 392 g/mol. The molecule has 3 N–H and O–H groups in total. The normalized spacial score (nSPS) is 12.4. The second-order valence-electron chi connectivity index (χ2n) is 7.98. The molecule has 1 unspecified atom stereocenters. The predicted molar refractivity (Wildman–Crippen MR) is 118 cm³/mol. The van der Waals surface area contributed by atoms with Gasteiger partial charge in [0.25, 0.3) is 5.56 Å². The van der Waals surface area contributed by atoms with Crippen LogP contribution in [0.15, 0.2) is 53.3 Å². The van der Waals surface area contributed by atoms with E-state index in [1.807, 2.05) is 56.3 Å². The maximum absolute atomic E-state index is 12.7. The smallest absolute Gasteiger partial charge is 0.257 e. The van der Waals surface area contributed by atoms with Gasteiger partial charge >= 0.3 is 0 Å². The molecule has 8 heteroatoms. The lowest BCUT2D eigenvalue weighted by Gasteiger charge is -2.18. The van der Waals surface area contributed by atoms with Crippen molar-refractivity contribution in [1.82, 2.24) is 25.2 Å². The van der Waals surface area contributed by atoms with Crippen molar-refractivity contribution in [3.8, 4) is 0 Å². The Morgan fingerprint density at radius 1 is 1.10 bits per heavy atom. The third-order valence-corrected chi connectivity index (χ3v) is 5.48. The van der Waals surface area contributed by atoms with Gasteiger partial charge in [0.05, 0.1) is 18.7 Å². The fourth-order valence-corrected chi connectivity index (χ4v) is 3.97. The minimum atomic E-state index is -0.100. The molecule has 0 aliphatic carbocycles. The van der Waals surface area contributed by atoms with E-state index >= 15 is 0 Å². The highest BCUT2D eigenvalue weighted by Gasteiger charge is 2.18. The van der Waals surface area contributed by atoms with Crippen molar-refractivity contribution < 1.29 is 10.0 Å². The van der Waals surface area contributed by atoms with E-state index in [0.29, 0.717) is 31.7 Å². The maximum Gasteiger partial charge on any atom is 0.257 e. The Balaban J connectivity index is 1.58. The Labute approximate surface area is 180 Å². The van der Waals surface area contributed by atoms with Crippen LogP contribution < -0.4 is 10.5 Å². The van der Waals surface area contributed by atoms with Gasteiger partial charge in [-0.15, -0.1) is 5.10 Å². The van der Waals surface area contributed by atoms with Gasteiger partial charge in [-0.2, -0.15) is 0 Å². The van der Waals surface area contributed by atoms with E-state index in [1.165, 1.54) is 0 Å². The van der Waals surface area contributed by atoms with Crippen molar-refractivity contribution in [1.29, 1.82) is 0 Å². The van der Waals surface area contributed by atoms with Crippen LogP contribution in [0.5, 0.6) is 0 Å². The number of nitrogens with zero attached hydrogens (tertiary/aromatic N) is 4. The number of aromatic amines is 1. The Bertz CT molecular complexity index is 1230. The van der Waals surface area contributed by atoms with Crippen LogP contribution >= 0.6 is 0 Å². The fourth-order valence-electron chi connectivity index (χ4n) is 3.97. The summed E-state index contributed by atoms with van der Waals surface area (Å²) in [6, 6.07) is 16.1. The fraction of sp³-hybridized carbons (Fsp3) is 0.304. The van der Waals surface area contributed by atoms with E-state index in [4.69, 9.17) is 0 Å². The number of aliphatic hydroxyl groups excluding tert-OH is 1. The molecule has 160 valence electrons. The van der Waals surface area contributed by atoms with E-state index in [2.05, 4.69) is 26.6 Å². The van der Waals surface area contributed by atoms with Gasteiger partial charge in [-0.05, 0) is 53.1 Å². The van der Waals surface area contributed by atoms with E-state index in [0.717, 1.165) is 38.3 Å². The average Bonchev–Trinajstić information content (AvgIpc) is 3.16. The lowest BCUT2D eigenvalue weighted by molar-refractivity contribution is -0.928. The molecule has 8 nitrogen and oxygen atoms in total. The zero-order valence-electron chi connectivity index (χ0n) is 17.8. The van der Waals surface area contributed by atoms with Crippen molar-refractivity contribution in [2.24, 2.45) is 0 Å². The number of nitrogens with one attached hydrogen (secondary N) is 2. The molecule has 31 heavy (non-hydrogen) atoms. The lowest BCUT2D eigenvalue weighted by Crippen LogP contribution is -3.10. The summed E-state index contributed by atoms with van der Waals surface area (Å²) in [5.74, 6) is 0.719. The van der Waals surface area contributed by atoms with Crippen molar-refractivity contribution in [3.05, 3.63) is 87.0 Å². The minimum Gasteiger partial charge on any atom is -0.391 e. The molecule has 2 aromatic heterocycles. The monoisotopic (exact) mass is 419 g/mol. The predicted octanol–water partition coefficient (Wildman–Crippen LogP) is 0.757. The SMILES string of the molecule is Cc1cc(C)c2cc(C[NH+](CCO)Cc3nnnn3Cc3ccccc3)c(=O)[nH]c2c1. The van der Waals surface area contributed by atoms with Crippen molar-refractivity contribution in [3.63, 3.8) is 0 Å². The molecule has 0 radical (unpaired) electrons. The molecule has 4 rings (SSSR count). The van der Waals surface area contributed by atoms with Crippen LogP contribution in [0.1, 0.15) is 28.1 Å². The summed E-state index contributed by atoms with van der Waals surface area (Å²) in [7, 11) is 0. The van der Waals surface area contributed by atoms with Crippen LogP contribution in [0, 0.1) is 13.8 Å². The number of pyridine rings is 1. The van der Waals surface area contributed by atoms with Gasteiger partial charge in [0.2, 0.25) is 5.82 Å². The number of hydrogen-bond donors (Lipinski definition) is 3. The molecule has 2 heterocycles. The summed E-state index contributed by atoms with van der Waals surface area (Å²) < 4.78 is 1.77. The summed E-state index contributed by atoms with van der Waals surface area (Å²) in [5, 5.41) is 22.8. The van der Waals surface area contributed by atoms with Gasteiger partial charge in [-0.1, -0.05) is 36.4 Å². The molecule has 0 spiro atoms. The molecular formula is C23H27N6O2+. The number of fused-ring (bicyclic) bond motifs is 1. The summed E-state index contributed by atoms with van der Waals surface area (Å²) in [6.07, 6.45) is 0. The number of hydrogen-bond acceptors (Lipinski definition) is 5. The number of benzene rings is 2. The Morgan fingerprint density at radius 3 is 2.68 bits per heavy atom. The third kappa shape index (κ3) is 4.87. The molecule has 2 aromatic carbocycles. The van der Waals surface area contributed by atoms with E-state index in [-0.39, 0.29) is 12.2 Å². The number of aromatic nitrogens is 5. The maximum atomic E-state index is 12.7. The molecule has 0 saturated carbocycles. The first kappa shape index (κ1) is 20.9. The van der Waals surface area contributed by atoms with E-state index in [1.54, 1.807) is 4.68 Å². The van der Waals surface area contributed by atoms with Crippen LogP contribution in [0.2, 0.25) is 0 Å². The molecule has 0 saturated heterocycles. The molecule has 4 aromatic rings. The second-order valence-corrected chi connectivity index (χ2v) is 7.98. The van der Waals surface area contributed by atoms with Gasteiger partial charge in [-0.3, -0.25) is 4.79 Å². The largest absolute Gasteiger partial charge is 0.391 e. The Hall–Kier alpha value is -3.36. The number of H-pyrrole nitrogens is 1. The zero-order valence-corrected chi connectivity index (χ0v) is 17.8. The number of quaternary nitrogens is 1. The summed E-state index contributed by atoms with van der Waals surface area (Å²) in [4.78, 5) is 16.8. The van der Waals surface area contributed by atoms with E-state index < -0.39 is 0 Å². The van der Waals surface area contributed by atoms with Crippen molar-refractivity contribution >= 4 is 10.9 Å². The number of aliphatic hydroxyl groups is 1. The van der Waals surface area contributed by atoms with Gasteiger partial charge in [0.1, 0.15) is 19.6 Å². The van der Waals surface area contributed by atoms with Crippen LogP contribution in [-0.4, -0.2) is 43.4 Å². The Morgan fingerprint density at radius 2 is 1.90 bits per heavy atom.